The third kappa shape index (κ3) is 5.71. The fourth-order valence-corrected chi connectivity index (χ4v) is 2.79. The molecule has 0 aliphatic heterocycles. The summed E-state index contributed by atoms with van der Waals surface area (Å²) in [5.74, 6) is 0.370. The summed E-state index contributed by atoms with van der Waals surface area (Å²) in [4.78, 5) is 15.4. The van der Waals surface area contributed by atoms with Crippen LogP contribution >= 0.6 is 0 Å². The molecule has 0 fully saturated rings. The van der Waals surface area contributed by atoms with E-state index in [0.717, 1.165) is 23.2 Å². The van der Waals surface area contributed by atoms with Crippen LogP contribution in [0.1, 0.15) is 42.9 Å². The van der Waals surface area contributed by atoms with E-state index < -0.39 is 12.6 Å². The van der Waals surface area contributed by atoms with E-state index in [1.807, 2.05) is 18.2 Å². The van der Waals surface area contributed by atoms with Gasteiger partial charge in [-0.3, -0.25) is 4.99 Å². The summed E-state index contributed by atoms with van der Waals surface area (Å²) in [6, 6.07) is 11.9. The largest absolute Gasteiger partial charge is 0.493 e. The lowest BCUT2D eigenvalue weighted by molar-refractivity contribution is -0.139. The van der Waals surface area contributed by atoms with Crippen molar-refractivity contribution in [2.45, 2.75) is 32.6 Å². The quantitative estimate of drug-likeness (QED) is 0.456. The minimum Gasteiger partial charge on any atom is -0.493 e. The summed E-state index contributed by atoms with van der Waals surface area (Å²) in [7, 11) is 1.52. The molecule has 1 atom stereocenters. The van der Waals surface area contributed by atoms with E-state index in [-0.39, 0.29) is 0 Å². The maximum absolute atomic E-state index is 10.8. The number of nitrogens with zero attached hydrogens (tertiary/aromatic N) is 1. The Bertz CT molecular complexity index is 840. The van der Waals surface area contributed by atoms with E-state index >= 15 is 0 Å². The first-order valence-electron chi connectivity index (χ1n) is 9.28. The SMILES string of the molecule is C=CCc1cc(C=Nc2ccc([C@H](C)CC)cc2)cc(OC)c1OCC(=O)O. The number of methoxy groups -OCH3 is 1. The van der Waals surface area contributed by atoms with Crippen LogP contribution in [-0.4, -0.2) is 31.0 Å². The van der Waals surface area contributed by atoms with Crippen molar-refractivity contribution < 1.29 is 19.4 Å². The number of rotatable bonds is 10. The number of allylic oxidation sites excluding steroid dienone is 1. The van der Waals surface area contributed by atoms with Gasteiger partial charge in [0.1, 0.15) is 0 Å². The zero-order chi connectivity index (χ0) is 20.5. The molecule has 0 saturated heterocycles. The Hall–Kier alpha value is -3.08. The number of aliphatic imine (C=N–C) groups is 1. The molecule has 2 aromatic carbocycles. The molecule has 0 bridgehead atoms. The number of hydrogen-bond donors (Lipinski definition) is 1. The topological polar surface area (TPSA) is 68.1 Å². The van der Waals surface area contributed by atoms with Gasteiger partial charge in [-0.25, -0.2) is 4.79 Å². The third-order valence-corrected chi connectivity index (χ3v) is 4.52. The molecule has 0 saturated carbocycles. The van der Waals surface area contributed by atoms with Crippen molar-refractivity contribution in [2.75, 3.05) is 13.7 Å². The molecule has 0 unspecified atom stereocenters. The maximum atomic E-state index is 10.8. The Morgan fingerprint density at radius 1 is 1.29 bits per heavy atom. The van der Waals surface area contributed by atoms with E-state index in [0.29, 0.717) is 23.8 Å². The van der Waals surface area contributed by atoms with Gasteiger partial charge >= 0.3 is 5.97 Å². The summed E-state index contributed by atoms with van der Waals surface area (Å²) >= 11 is 0. The summed E-state index contributed by atoms with van der Waals surface area (Å²) < 4.78 is 10.8. The van der Waals surface area contributed by atoms with E-state index in [1.54, 1.807) is 18.4 Å². The second-order valence-corrected chi connectivity index (χ2v) is 6.55. The van der Waals surface area contributed by atoms with Gasteiger partial charge in [-0.15, -0.1) is 6.58 Å². The predicted octanol–water partition coefficient (Wildman–Crippen LogP) is 5.15. The number of carboxylic acid groups (broad SMARTS) is 1. The summed E-state index contributed by atoms with van der Waals surface area (Å²) in [5, 5.41) is 8.89. The average Bonchev–Trinajstić information content (AvgIpc) is 2.70. The molecule has 0 amide bonds. The molecular formula is C23H27NO4. The summed E-state index contributed by atoms with van der Waals surface area (Å²) in [5.41, 5.74) is 3.80. The van der Waals surface area contributed by atoms with Gasteiger partial charge in [-0.1, -0.05) is 32.1 Å². The van der Waals surface area contributed by atoms with Gasteiger partial charge in [0.15, 0.2) is 18.1 Å². The van der Waals surface area contributed by atoms with Crippen LogP contribution in [0.5, 0.6) is 11.5 Å². The summed E-state index contributed by atoms with van der Waals surface area (Å²) in [6.07, 6.45) is 5.12. The van der Waals surface area contributed by atoms with Crippen LogP contribution in [0.25, 0.3) is 0 Å². The molecule has 28 heavy (non-hydrogen) atoms. The molecule has 148 valence electrons. The van der Waals surface area contributed by atoms with Crippen molar-refractivity contribution in [3.63, 3.8) is 0 Å². The van der Waals surface area contributed by atoms with E-state index in [4.69, 9.17) is 14.6 Å². The smallest absolute Gasteiger partial charge is 0.341 e. The van der Waals surface area contributed by atoms with Crippen molar-refractivity contribution in [2.24, 2.45) is 4.99 Å². The van der Waals surface area contributed by atoms with Crippen LogP contribution in [0.4, 0.5) is 5.69 Å². The van der Waals surface area contributed by atoms with Crippen LogP contribution in [0.15, 0.2) is 54.0 Å². The molecule has 2 rings (SSSR count). The Morgan fingerprint density at radius 3 is 2.57 bits per heavy atom. The molecule has 2 aromatic rings. The first-order chi connectivity index (χ1) is 13.5. The second-order valence-electron chi connectivity index (χ2n) is 6.55. The van der Waals surface area contributed by atoms with Gasteiger partial charge in [0.25, 0.3) is 0 Å². The molecule has 5 nitrogen and oxygen atoms in total. The van der Waals surface area contributed by atoms with Crippen molar-refractivity contribution >= 4 is 17.9 Å². The van der Waals surface area contributed by atoms with Crippen LogP contribution in [0, 0.1) is 0 Å². The third-order valence-electron chi connectivity index (χ3n) is 4.52. The Kier molecular flexibility index (Phi) is 7.81. The van der Waals surface area contributed by atoms with Crippen molar-refractivity contribution in [3.8, 4) is 11.5 Å². The van der Waals surface area contributed by atoms with Crippen molar-refractivity contribution in [1.29, 1.82) is 0 Å². The minimum atomic E-state index is -1.04. The monoisotopic (exact) mass is 381 g/mol. The lowest BCUT2D eigenvalue weighted by atomic mass is 9.99. The van der Waals surface area contributed by atoms with Gasteiger partial charge in [0, 0.05) is 11.8 Å². The molecule has 0 aliphatic carbocycles. The Labute approximate surface area is 166 Å². The predicted molar refractivity (Wildman–Crippen MR) is 112 cm³/mol. The van der Waals surface area contributed by atoms with Gasteiger partial charge in [0.2, 0.25) is 0 Å². The van der Waals surface area contributed by atoms with Crippen molar-refractivity contribution in [3.05, 3.63) is 65.7 Å². The zero-order valence-electron chi connectivity index (χ0n) is 16.6. The summed E-state index contributed by atoms with van der Waals surface area (Å²) in [6.45, 7) is 7.70. The Balaban J connectivity index is 2.29. The van der Waals surface area contributed by atoms with E-state index in [9.17, 15) is 4.79 Å². The molecule has 0 radical (unpaired) electrons. The van der Waals surface area contributed by atoms with E-state index in [2.05, 4.69) is 37.6 Å². The number of carboxylic acids is 1. The second kappa shape index (κ2) is 10.3. The highest BCUT2D eigenvalue weighted by molar-refractivity contribution is 5.84. The van der Waals surface area contributed by atoms with Gasteiger partial charge in [-0.05, 0) is 54.2 Å². The first kappa shape index (κ1) is 21.2. The molecule has 1 N–H and O–H groups in total. The first-order valence-corrected chi connectivity index (χ1v) is 9.28. The Morgan fingerprint density at radius 2 is 2.00 bits per heavy atom. The lowest BCUT2D eigenvalue weighted by Gasteiger charge is -2.14. The average molecular weight is 381 g/mol. The van der Waals surface area contributed by atoms with Crippen LogP contribution in [0.2, 0.25) is 0 Å². The number of ether oxygens (including phenoxy) is 2. The number of aliphatic carboxylic acids is 1. The van der Waals surface area contributed by atoms with Gasteiger partial charge < -0.3 is 14.6 Å². The number of hydrogen-bond acceptors (Lipinski definition) is 4. The van der Waals surface area contributed by atoms with Crippen LogP contribution in [-0.2, 0) is 11.2 Å². The normalized spacial score (nSPS) is 12.0. The van der Waals surface area contributed by atoms with Gasteiger partial charge in [0.05, 0.1) is 12.8 Å². The highest BCUT2D eigenvalue weighted by Gasteiger charge is 2.13. The number of benzene rings is 2. The molecular weight excluding hydrogens is 354 g/mol. The zero-order valence-corrected chi connectivity index (χ0v) is 16.6. The van der Waals surface area contributed by atoms with E-state index in [1.165, 1.54) is 12.7 Å². The fourth-order valence-electron chi connectivity index (χ4n) is 2.79. The lowest BCUT2D eigenvalue weighted by Crippen LogP contribution is -2.11. The van der Waals surface area contributed by atoms with Crippen molar-refractivity contribution in [1.82, 2.24) is 0 Å². The molecule has 0 spiro atoms. The number of carbonyl (C=O) groups is 1. The highest BCUT2D eigenvalue weighted by Crippen LogP contribution is 2.33. The standard InChI is InChI=1S/C23H27NO4/c1-5-7-19-12-17(13-21(27-4)23(19)28-15-22(25)26)14-24-20-10-8-18(9-11-20)16(3)6-2/h5,8-14,16H,1,6-7,15H2,2-4H3,(H,25,26)/t16-/m1/s1. The minimum absolute atomic E-state index is 0.417. The molecule has 5 heteroatoms. The molecule has 0 aliphatic rings. The molecule has 0 aromatic heterocycles. The highest BCUT2D eigenvalue weighted by atomic mass is 16.5. The maximum Gasteiger partial charge on any atom is 0.341 e. The van der Waals surface area contributed by atoms with Crippen LogP contribution < -0.4 is 9.47 Å². The van der Waals surface area contributed by atoms with Crippen LogP contribution in [0.3, 0.4) is 0 Å². The fraction of sp³-hybridized carbons (Fsp3) is 0.304. The molecule has 0 heterocycles. The van der Waals surface area contributed by atoms with Gasteiger partial charge in [-0.2, -0.15) is 0 Å².